The first kappa shape index (κ1) is 16.0. The molecule has 0 amide bonds. The largest absolute Gasteiger partial charge is 0.496 e. The van der Waals surface area contributed by atoms with Gasteiger partial charge in [0.2, 0.25) is 6.79 Å². The number of aromatic amines is 1. The van der Waals surface area contributed by atoms with Crippen LogP contribution in [0, 0.1) is 4.77 Å². The Kier molecular flexibility index (Phi) is 4.10. The summed E-state index contributed by atoms with van der Waals surface area (Å²) in [4.78, 5) is 0. The van der Waals surface area contributed by atoms with Crippen molar-refractivity contribution in [3.8, 4) is 28.6 Å². The maximum atomic E-state index is 6.15. The number of ether oxygens (including phenoxy) is 3. The molecule has 6 nitrogen and oxygen atoms in total. The van der Waals surface area contributed by atoms with Crippen LogP contribution in [0.4, 0.5) is 0 Å². The van der Waals surface area contributed by atoms with Crippen molar-refractivity contribution in [3.05, 3.63) is 51.8 Å². The van der Waals surface area contributed by atoms with Crippen LogP contribution in [0.1, 0.15) is 5.56 Å². The van der Waals surface area contributed by atoms with Crippen molar-refractivity contribution in [3.63, 3.8) is 0 Å². The van der Waals surface area contributed by atoms with E-state index in [1.807, 2.05) is 28.8 Å². The smallest absolute Gasteiger partial charge is 0.231 e. The molecule has 8 heteroatoms. The monoisotopic (exact) mass is 375 g/mol. The predicted molar refractivity (Wildman–Crippen MR) is 96.1 cm³/mol. The molecule has 0 bridgehead atoms. The summed E-state index contributed by atoms with van der Waals surface area (Å²) in [6.45, 7) is 0.770. The SMILES string of the molecule is COc1ccc(Cl)cc1-c1n[nH]c(=S)n1Cc1ccc2c(c1)OCO2. The second-order valence-corrected chi connectivity index (χ2v) is 6.29. The van der Waals surface area contributed by atoms with E-state index in [1.54, 1.807) is 19.2 Å². The average Bonchev–Trinajstić information content (AvgIpc) is 3.22. The summed E-state index contributed by atoms with van der Waals surface area (Å²) in [7, 11) is 1.61. The molecule has 25 heavy (non-hydrogen) atoms. The summed E-state index contributed by atoms with van der Waals surface area (Å²) >= 11 is 11.5. The lowest BCUT2D eigenvalue weighted by atomic mass is 10.1. The molecule has 0 fully saturated rings. The van der Waals surface area contributed by atoms with Gasteiger partial charge in [-0.2, -0.15) is 5.10 Å². The second kappa shape index (κ2) is 6.42. The van der Waals surface area contributed by atoms with Gasteiger partial charge in [0.15, 0.2) is 22.1 Å². The topological polar surface area (TPSA) is 61.3 Å². The molecule has 0 saturated heterocycles. The van der Waals surface area contributed by atoms with Gasteiger partial charge in [0.25, 0.3) is 0 Å². The quantitative estimate of drug-likeness (QED) is 0.697. The summed E-state index contributed by atoms with van der Waals surface area (Å²) in [5, 5.41) is 7.79. The van der Waals surface area contributed by atoms with E-state index in [-0.39, 0.29) is 6.79 Å². The van der Waals surface area contributed by atoms with Crippen molar-refractivity contribution in [1.29, 1.82) is 0 Å². The predicted octanol–water partition coefficient (Wildman–Crippen LogP) is 4.05. The minimum atomic E-state index is 0.245. The number of nitrogens with one attached hydrogen (secondary N) is 1. The number of hydrogen-bond acceptors (Lipinski definition) is 5. The Labute approximate surface area is 153 Å². The van der Waals surface area contributed by atoms with Crippen LogP contribution in [0.15, 0.2) is 36.4 Å². The van der Waals surface area contributed by atoms with Gasteiger partial charge in [-0.3, -0.25) is 9.67 Å². The molecule has 0 saturated carbocycles. The van der Waals surface area contributed by atoms with Crippen LogP contribution in [0.3, 0.4) is 0 Å². The summed E-state index contributed by atoms with van der Waals surface area (Å²) in [5.74, 6) is 2.80. The minimum Gasteiger partial charge on any atom is -0.496 e. The van der Waals surface area contributed by atoms with E-state index in [0.29, 0.717) is 27.9 Å². The van der Waals surface area contributed by atoms with Gasteiger partial charge in [-0.1, -0.05) is 17.7 Å². The summed E-state index contributed by atoms with van der Waals surface area (Å²) in [5.41, 5.74) is 1.78. The molecule has 128 valence electrons. The summed E-state index contributed by atoms with van der Waals surface area (Å²) < 4.78 is 18.6. The van der Waals surface area contributed by atoms with E-state index in [4.69, 9.17) is 38.0 Å². The lowest BCUT2D eigenvalue weighted by Crippen LogP contribution is -2.03. The second-order valence-electron chi connectivity index (χ2n) is 5.47. The van der Waals surface area contributed by atoms with Crippen molar-refractivity contribution >= 4 is 23.8 Å². The van der Waals surface area contributed by atoms with Crippen LogP contribution in [-0.2, 0) is 6.54 Å². The third kappa shape index (κ3) is 2.96. The fraction of sp³-hybridized carbons (Fsp3) is 0.176. The molecule has 1 N–H and O–H groups in total. The molecular weight excluding hydrogens is 362 g/mol. The third-order valence-electron chi connectivity index (χ3n) is 3.94. The van der Waals surface area contributed by atoms with Gasteiger partial charge in [0, 0.05) is 5.02 Å². The molecule has 1 aliphatic rings. The van der Waals surface area contributed by atoms with E-state index in [0.717, 1.165) is 22.6 Å². The Morgan fingerprint density at radius 3 is 2.92 bits per heavy atom. The van der Waals surface area contributed by atoms with Crippen molar-refractivity contribution in [1.82, 2.24) is 14.8 Å². The first-order valence-corrected chi connectivity index (χ1v) is 8.32. The van der Waals surface area contributed by atoms with E-state index in [2.05, 4.69) is 10.2 Å². The molecule has 0 aliphatic carbocycles. The Balaban J connectivity index is 1.76. The van der Waals surface area contributed by atoms with Gasteiger partial charge < -0.3 is 14.2 Å². The fourth-order valence-corrected chi connectivity index (χ4v) is 3.12. The van der Waals surface area contributed by atoms with Gasteiger partial charge in [0.05, 0.1) is 19.2 Å². The normalized spacial score (nSPS) is 12.4. The zero-order valence-electron chi connectivity index (χ0n) is 13.3. The van der Waals surface area contributed by atoms with Crippen molar-refractivity contribution < 1.29 is 14.2 Å². The zero-order valence-corrected chi connectivity index (χ0v) is 14.9. The molecule has 2 heterocycles. The Morgan fingerprint density at radius 1 is 1.24 bits per heavy atom. The van der Waals surface area contributed by atoms with Gasteiger partial charge >= 0.3 is 0 Å². The molecule has 0 spiro atoms. The number of benzene rings is 2. The fourth-order valence-electron chi connectivity index (χ4n) is 2.75. The number of methoxy groups -OCH3 is 1. The van der Waals surface area contributed by atoms with Gasteiger partial charge in [-0.15, -0.1) is 0 Å². The highest BCUT2D eigenvalue weighted by Crippen LogP contribution is 2.34. The number of nitrogens with zero attached hydrogens (tertiary/aromatic N) is 2. The molecule has 0 unspecified atom stereocenters. The molecule has 0 atom stereocenters. The van der Waals surface area contributed by atoms with Gasteiger partial charge in [-0.25, -0.2) is 0 Å². The van der Waals surface area contributed by atoms with Crippen LogP contribution in [0.2, 0.25) is 5.02 Å². The van der Waals surface area contributed by atoms with Crippen molar-refractivity contribution in [2.45, 2.75) is 6.54 Å². The molecular formula is C17H14ClN3O3S. The lowest BCUT2D eigenvalue weighted by molar-refractivity contribution is 0.174. The number of aromatic nitrogens is 3. The van der Waals surface area contributed by atoms with E-state index < -0.39 is 0 Å². The molecule has 3 aromatic rings. The third-order valence-corrected chi connectivity index (χ3v) is 4.49. The molecule has 1 aliphatic heterocycles. The molecule has 2 aromatic carbocycles. The van der Waals surface area contributed by atoms with Gasteiger partial charge in [-0.05, 0) is 48.1 Å². The Hall–Kier alpha value is -2.51. The van der Waals surface area contributed by atoms with E-state index >= 15 is 0 Å². The maximum Gasteiger partial charge on any atom is 0.231 e. The van der Waals surface area contributed by atoms with Crippen LogP contribution in [0.5, 0.6) is 17.2 Å². The Bertz CT molecular complexity index is 999. The number of halogens is 1. The highest BCUT2D eigenvalue weighted by Gasteiger charge is 2.17. The number of rotatable bonds is 4. The maximum absolute atomic E-state index is 6.15. The highest BCUT2D eigenvalue weighted by molar-refractivity contribution is 7.71. The first-order chi connectivity index (χ1) is 12.2. The molecule has 4 rings (SSSR count). The standard InChI is InChI=1S/C17H14ClN3O3S/c1-22-13-5-3-11(18)7-12(13)16-19-20-17(25)21(16)8-10-2-4-14-15(6-10)24-9-23-14/h2-7H,8-9H2,1H3,(H,20,25). The Morgan fingerprint density at radius 2 is 2.08 bits per heavy atom. The lowest BCUT2D eigenvalue weighted by Gasteiger charge is -2.11. The minimum absolute atomic E-state index is 0.245. The van der Waals surface area contributed by atoms with Crippen LogP contribution in [0.25, 0.3) is 11.4 Å². The first-order valence-electron chi connectivity index (χ1n) is 7.53. The zero-order chi connectivity index (χ0) is 17.4. The van der Waals surface area contributed by atoms with E-state index in [9.17, 15) is 0 Å². The number of fused-ring (bicyclic) bond motifs is 1. The average molecular weight is 376 g/mol. The van der Waals surface area contributed by atoms with Crippen LogP contribution < -0.4 is 14.2 Å². The molecule has 1 aromatic heterocycles. The van der Waals surface area contributed by atoms with Crippen LogP contribution >= 0.6 is 23.8 Å². The number of hydrogen-bond donors (Lipinski definition) is 1. The summed E-state index contributed by atoms with van der Waals surface area (Å²) in [6.07, 6.45) is 0. The van der Waals surface area contributed by atoms with Gasteiger partial charge in [0.1, 0.15) is 5.75 Å². The van der Waals surface area contributed by atoms with Crippen molar-refractivity contribution in [2.75, 3.05) is 13.9 Å². The molecule has 0 radical (unpaired) electrons. The summed E-state index contributed by atoms with van der Waals surface area (Å²) in [6, 6.07) is 11.2. The van der Waals surface area contributed by atoms with Crippen LogP contribution in [-0.4, -0.2) is 28.7 Å². The highest BCUT2D eigenvalue weighted by atomic mass is 35.5. The van der Waals surface area contributed by atoms with E-state index in [1.165, 1.54) is 0 Å². The number of H-pyrrole nitrogens is 1. The van der Waals surface area contributed by atoms with Crippen molar-refractivity contribution in [2.24, 2.45) is 0 Å².